The van der Waals surface area contributed by atoms with Crippen molar-refractivity contribution in [3.8, 4) is 11.1 Å². The first-order valence-corrected chi connectivity index (χ1v) is 24.2. The second-order valence-electron chi connectivity index (χ2n) is 16.2. The molecule has 0 N–H and O–H groups in total. The van der Waals surface area contributed by atoms with Crippen molar-refractivity contribution < 1.29 is 27.1 Å². The van der Waals surface area contributed by atoms with E-state index < -0.39 is 18.3 Å². The van der Waals surface area contributed by atoms with Gasteiger partial charge in [-0.1, -0.05) is 0 Å². The Labute approximate surface area is 309 Å². The quantitative estimate of drug-likeness (QED) is 0.170. The third-order valence-corrected chi connectivity index (χ3v) is 30.8. The van der Waals surface area contributed by atoms with Gasteiger partial charge in [-0.25, -0.2) is 0 Å². The summed E-state index contributed by atoms with van der Waals surface area (Å²) in [6, 6.07) is 24.0. The summed E-state index contributed by atoms with van der Waals surface area (Å²) < 4.78 is 39.2. The Morgan fingerprint density at radius 1 is 0.720 bits per heavy atom. The van der Waals surface area contributed by atoms with Gasteiger partial charge in [-0.3, -0.25) is 0 Å². The van der Waals surface area contributed by atoms with Gasteiger partial charge in [0.1, 0.15) is 0 Å². The molecule has 0 aromatic heterocycles. The molecule has 1 unspecified atom stereocenters. The number of allylic oxidation sites excluding steroid dienone is 8. The molecule has 4 aromatic rings. The summed E-state index contributed by atoms with van der Waals surface area (Å²) >= 11 is -5.16. The summed E-state index contributed by atoms with van der Waals surface area (Å²) in [5, 5.41) is 0. The van der Waals surface area contributed by atoms with Crippen LogP contribution in [-0.4, -0.2) is 4.21 Å². The van der Waals surface area contributed by atoms with Gasteiger partial charge in [0.2, 0.25) is 0 Å². The van der Waals surface area contributed by atoms with Gasteiger partial charge < -0.3 is 0 Å². The summed E-state index contributed by atoms with van der Waals surface area (Å²) in [4.78, 5) is 0. The molecule has 0 heterocycles. The van der Waals surface area contributed by atoms with Crippen LogP contribution >= 0.6 is 24.8 Å². The van der Waals surface area contributed by atoms with Gasteiger partial charge in [-0.05, 0) is 0 Å². The second kappa shape index (κ2) is 12.3. The van der Waals surface area contributed by atoms with Crippen LogP contribution < -0.4 is 6.54 Å². The van der Waals surface area contributed by atoms with E-state index in [-0.39, 0.29) is 50.9 Å². The van der Waals surface area contributed by atoms with Gasteiger partial charge in [-0.2, -0.15) is 0 Å². The van der Waals surface area contributed by atoms with Crippen molar-refractivity contribution in [2.45, 2.75) is 75.3 Å². The Morgan fingerprint density at radius 2 is 1.28 bits per heavy atom. The molecule has 4 aliphatic carbocycles. The van der Waals surface area contributed by atoms with Crippen LogP contribution in [0.15, 0.2) is 106 Å². The summed E-state index contributed by atoms with van der Waals surface area (Å²) in [6.45, 7) is 13.9. The van der Waals surface area contributed by atoms with E-state index in [1.165, 1.54) is 71.1 Å². The van der Waals surface area contributed by atoms with Crippen LogP contribution in [0.25, 0.3) is 22.3 Å². The van der Waals surface area contributed by atoms with Crippen LogP contribution in [0.4, 0.5) is 8.78 Å². The number of hydrogen-bond acceptors (Lipinski definition) is 0. The molecule has 258 valence electrons. The third kappa shape index (κ3) is 5.01. The standard InChI is InChI=1S/C27H29.2C6H4F.C5H5.CH2.2ClH.Zr/c1-16-7-9-26(3,4)24-12-18-11-19-13-25-21(17(2)8-10-27(25,5)6)15-23(19)22(18)14-20(16)24;2*7-6-4-2-1-3-5-6;1-2-4-5-3-1;;;;/h7-9,12-15H,10-11H2,1-6H3;2*1-2,4-5H;1-3H,4H2;1H2;2*1H;. The zero-order valence-corrected chi connectivity index (χ0v) is 33.9. The maximum atomic E-state index is 15.4. The van der Waals surface area contributed by atoms with E-state index in [0.717, 1.165) is 25.8 Å². The van der Waals surface area contributed by atoms with Gasteiger partial charge in [0.05, 0.1) is 0 Å². The molecule has 0 aliphatic heterocycles. The fraction of sp³-hybridized carbons (Fsp3) is 0.267. The molecule has 0 nitrogen and oxygen atoms in total. The van der Waals surface area contributed by atoms with Crippen molar-refractivity contribution in [2.24, 2.45) is 0 Å². The molecule has 0 radical (unpaired) electrons. The fourth-order valence-corrected chi connectivity index (χ4v) is 28.5. The summed E-state index contributed by atoms with van der Waals surface area (Å²) in [7, 11) is 0. The van der Waals surface area contributed by atoms with E-state index >= 15 is 8.78 Å². The number of benzene rings is 4. The third-order valence-electron chi connectivity index (χ3n) is 12.7. The number of rotatable bonds is 4. The molecule has 8 rings (SSSR count). The molecule has 50 heavy (non-hydrogen) atoms. The van der Waals surface area contributed by atoms with Gasteiger partial charge in [0.15, 0.2) is 0 Å². The molecule has 0 saturated carbocycles. The summed E-state index contributed by atoms with van der Waals surface area (Å²) in [5.41, 5.74) is 13.2. The Bertz CT molecular complexity index is 2230. The molecule has 0 saturated heterocycles. The van der Waals surface area contributed by atoms with E-state index in [1.807, 2.05) is 12.1 Å². The van der Waals surface area contributed by atoms with E-state index in [9.17, 15) is 0 Å². The number of halogens is 4. The van der Waals surface area contributed by atoms with E-state index in [4.69, 9.17) is 4.21 Å². The monoisotopic (exact) mass is 784 g/mol. The van der Waals surface area contributed by atoms with Crippen molar-refractivity contribution in [1.29, 1.82) is 0 Å². The van der Waals surface area contributed by atoms with Crippen LogP contribution in [0, 0.1) is 11.6 Å². The number of hydrogen-bond donors (Lipinski definition) is 0. The number of fused-ring (bicyclic) bond motifs is 5. The van der Waals surface area contributed by atoms with Crippen molar-refractivity contribution in [3.05, 3.63) is 151 Å². The molecule has 0 fully saturated rings. The maximum absolute atomic E-state index is 15.4. The predicted octanol–water partition coefficient (Wildman–Crippen LogP) is 11.6. The average molecular weight is 787 g/mol. The molecule has 1 atom stereocenters. The zero-order valence-electron chi connectivity index (χ0n) is 29.8. The van der Waals surface area contributed by atoms with Crippen molar-refractivity contribution in [2.75, 3.05) is 0 Å². The van der Waals surface area contributed by atoms with Gasteiger partial charge in [0.25, 0.3) is 0 Å². The van der Waals surface area contributed by atoms with Gasteiger partial charge in [0, 0.05) is 0 Å². The minimum atomic E-state index is -5.16. The molecule has 4 aromatic carbocycles. The Balaban J connectivity index is 0.00000216. The minimum absolute atomic E-state index is 0. The molecular weight excluding hydrogens is 741 g/mol. The van der Waals surface area contributed by atoms with Crippen LogP contribution in [-0.2, 0) is 35.5 Å². The first-order valence-electron chi connectivity index (χ1n) is 17.4. The van der Waals surface area contributed by atoms with Crippen LogP contribution in [0.1, 0.15) is 87.8 Å². The summed E-state index contributed by atoms with van der Waals surface area (Å²) in [6.07, 6.45) is 14.0. The predicted molar refractivity (Wildman–Crippen MR) is 212 cm³/mol. The second-order valence-corrected chi connectivity index (χ2v) is 29.7. The normalized spacial score (nSPS) is 19.5. The molecular formula is C45H46Cl2F2Zr. The first kappa shape index (κ1) is 36.8. The molecule has 0 bridgehead atoms. The molecule has 5 heteroatoms. The molecule has 0 spiro atoms. The zero-order chi connectivity index (χ0) is 33.8. The van der Waals surface area contributed by atoms with E-state index in [1.54, 1.807) is 12.1 Å². The average Bonchev–Trinajstić information content (AvgIpc) is 3.72. The Hall–Kier alpha value is -2.97. The van der Waals surface area contributed by atoms with Crippen molar-refractivity contribution in [1.82, 2.24) is 0 Å². The fourth-order valence-electron chi connectivity index (χ4n) is 10.0. The first-order chi connectivity index (χ1) is 22.7. The van der Waals surface area contributed by atoms with Gasteiger partial charge in [-0.15, -0.1) is 24.8 Å². The van der Waals surface area contributed by atoms with Crippen LogP contribution in [0.2, 0.25) is 3.63 Å². The summed E-state index contributed by atoms with van der Waals surface area (Å²) in [5.74, 6) is -0.554. The topological polar surface area (TPSA) is 0 Å². The van der Waals surface area contributed by atoms with Gasteiger partial charge >= 0.3 is 287 Å². The molecule has 0 amide bonds. The van der Waals surface area contributed by atoms with E-state index in [0.29, 0.717) is 0 Å². The van der Waals surface area contributed by atoms with Crippen molar-refractivity contribution >= 4 is 46.7 Å². The van der Waals surface area contributed by atoms with Crippen molar-refractivity contribution in [3.63, 3.8) is 0 Å². The molecule has 4 aliphatic rings. The SMILES string of the molecule is Cl.Cl.[CH2]=[Zr]([C]1=CC=CC1)([c]1cccc(F)c1)([c]1cccc(F)c1)[CH]1C=C(C)c2cc3c(cc2C1(C)C)Cc1cc2c(cc1-3)C(C)=CCC2(C)C. The van der Waals surface area contributed by atoms with Crippen LogP contribution in [0.3, 0.4) is 0 Å². The van der Waals surface area contributed by atoms with Crippen LogP contribution in [0.5, 0.6) is 0 Å². The Kier molecular flexibility index (Phi) is 9.07. The Morgan fingerprint density at radius 3 is 1.82 bits per heavy atom. The van der Waals surface area contributed by atoms with E-state index in [2.05, 4.69) is 108 Å².